The molecule has 0 N–H and O–H groups in total. The molecule has 2 saturated heterocycles. The van der Waals surface area contributed by atoms with Gasteiger partial charge in [0.1, 0.15) is 17.7 Å². The van der Waals surface area contributed by atoms with Gasteiger partial charge in [-0.15, -0.1) is 0 Å². The Bertz CT molecular complexity index is 1030. The lowest BCUT2D eigenvalue weighted by Crippen LogP contribution is -2.68. The molecule has 0 aliphatic carbocycles. The molecule has 0 amide bonds. The number of azide groups is 1. The molecule has 2 aromatic rings. The lowest BCUT2D eigenvalue weighted by atomic mass is 9.83. The maximum Gasteiger partial charge on any atom is 0.261 e. The zero-order valence-electron chi connectivity index (χ0n) is 21.8. The van der Waals surface area contributed by atoms with Gasteiger partial charge in [0.2, 0.25) is 0 Å². The second kappa shape index (κ2) is 9.35. The van der Waals surface area contributed by atoms with Crippen molar-refractivity contribution in [3.8, 4) is 0 Å². The molecule has 0 saturated carbocycles. The second-order valence-electron chi connectivity index (χ2n) is 11.3. The fourth-order valence-corrected chi connectivity index (χ4v) is 10.2. The van der Waals surface area contributed by atoms with Gasteiger partial charge < -0.3 is 18.6 Å². The molecule has 0 radical (unpaired) electrons. The molecule has 188 valence electrons. The van der Waals surface area contributed by atoms with E-state index < -0.39 is 38.1 Å². The molecular formula is C27H37N3O4Si. The fourth-order valence-electron chi connectivity index (χ4n) is 5.59. The number of hydrogen-bond donors (Lipinski definition) is 0. The molecule has 4 atom stereocenters. The number of nitrogens with zero attached hydrogens (tertiary/aromatic N) is 3. The third-order valence-corrected chi connectivity index (χ3v) is 12.3. The summed E-state index contributed by atoms with van der Waals surface area (Å²) in [5.74, 6) is -0.822. The van der Waals surface area contributed by atoms with Crippen LogP contribution >= 0.6 is 0 Å². The van der Waals surface area contributed by atoms with Gasteiger partial charge in [-0.2, -0.15) is 0 Å². The minimum atomic E-state index is -2.82. The Morgan fingerprint density at radius 1 is 0.971 bits per heavy atom. The van der Waals surface area contributed by atoms with Crippen LogP contribution in [0.25, 0.3) is 10.4 Å². The van der Waals surface area contributed by atoms with Crippen LogP contribution in [-0.2, 0) is 18.6 Å². The van der Waals surface area contributed by atoms with Crippen molar-refractivity contribution in [3.63, 3.8) is 0 Å². The van der Waals surface area contributed by atoms with Gasteiger partial charge in [-0.1, -0.05) is 100 Å². The standard InChI is InChI=1S/C27H37N3O4Si/c1-19(2)27(23(29-30-28)22-24(34-27)33-26(6,7)32-22)18-31-35(25(3,4)5,20-14-10-8-11-15-20)21-16-12-9-13-17-21/h8-17,19,22-24H,18H2,1-7H3/t22-,23+,24+,27+/m1/s1. The first-order chi connectivity index (χ1) is 16.5. The van der Waals surface area contributed by atoms with Crippen molar-refractivity contribution >= 4 is 18.7 Å². The van der Waals surface area contributed by atoms with E-state index in [1.54, 1.807) is 0 Å². The van der Waals surface area contributed by atoms with E-state index >= 15 is 0 Å². The van der Waals surface area contributed by atoms with Gasteiger partial charge >= 0.3 is 0 Å². The van der Waals surface area contributed by atoms with E-state index in [2.05, 4.69) is 93.2 Å². The number of fused-ring (bicyclic) bond motifs is 1. The van der Waals surface area contributed by atoms with Crippen LogP contribution in [-0.4, -0.2) is 44.7 Å². The molecule has 2 fully saturated rings. The van der Waals surface area contributed by atoms with E-state index in [9.17, 15) is 5.53 Å². The highest BCUT2D eigenvalue weighted by atomic mass is 28.4. The summed E-state index contributed by atoms with van der Waals surface area (Å²) >= 11 is 0. The van der Waals surface area contributed by atoms with Crippen LogP contribution in [0, 0.1) is 5.92 Å². The van der Waals surface area contributed by atoms with Crippen molar-refractivity contribution in [2.24, 2.45) is 11.0 Å². The van der Waals surface area contributed by atoms with E-state index in [1.165, 1.54) is 10.4 Å². The summed E-state index contributed by atoms with van der Waals surface area (Å²) in [5.41, 5.74) is 8.58. The van der Waals surface area contributed by atoms with Crippen LogP contribution in [0.3, 0.4) is 0 Å². The molecule has 0 unspecified atom stereocenters. The van der Waals surface area contributed by atoms with Crippen LogP contribution in [0.15, 0.2) is 65.8 Å². The number of hydrogen-bond acceptors (Lipinski definition) is 5. The Labute approximate surface area is 209 Å². The van der Waals surface area contributed by atoms with Crippen LogP contribution in [0.2, 0.25) is 5.04 Å². The summed E-state index contributed by atoms with van der Waals surface area (Å²) in [6.07, 6.45) is -1.11. The molecule has 0 bridgehead atoms. The third-order valence-electron chi connectivity index (χ3n) is 7.32. The summed E-state index contributed by atoms with van der Waals surface area (Å²) in [7, 11) is -2.82. The van der Waals surface area contributed by atoms with Gasteiger partial charge in [-0.25, -0.2) is 0 Å². The maximum atomic E-state index is 9.48. The number of benzene rings is 2. The molecule has 7 nitrogen and oxygen atoms in total. The van der Waals surface area contributed by atoms with Crippen molar-refractivity contribution in [2.45, 2.75) is 83.3 Å². The summed E-state index contributed by atoms with van der Waals surface area (Å²) in [5, 5.41) is 6.38. The quantitative estimate of drug-likeness (QED) is 0.230. The highest BCUT2D eigenvalue weighted by Gasteiger charge is 2.64. The fraction of sp³-hybridized carbons (Fsp3) is 0.556. The Morgan fingerprint density at radius 3 is 1.97 bits per heavy atom. The smallest absolute Gasteiger partial charge is 0.261 e. The van der Waals surface area contributed by atoms with Gasteiger partial charge in [0.15, 0.2) is 12.1 Å². The van der Waals surface area contributed by atoms with Crippen molar-refractivity contribution in [3.05, 3.63) is 71.1 Å². The zero-order chi connectivity index (χ0) is 25.5. The van der Waals surface area contributed by atoms with E-state index in [4.69, 9.17) is 18.6 Å². The van der Waals surface area contributed by atoms with Crippen LogP contribution < -0.4 is 10.4 Å². The maximum absolute atomic E-state index is 9.48. The largest absolute Gasteiger partial charge is 0.404 e. The van der Waals surface area contributed by atoms with E-state index in [0.29, 0.717) is 0 Å². The highest BCUT2D eigenvalue weighted by Crippen LogP contribution is 2.48. The Hall–Kier alpha value is -2.19. The molecule has 0 spiro atoms. The van der Waals surface area contributed by atoms with Crippen LogP contribution in [0.4, 0.5) is 0 Å². The van der Waals surface area contributed by atoms with Gasteiger partial charge in [0, 0.05) is 4.91 Å². The van der Waals surface area contributed by atoms with Crippen LogP contribution in [0.5, 0.6) is 0 Å². The van der Waals surface area contributed by atoms with Crippen molar-refractivity contribution < 1.29 is 18.6 Å². The van der Waals surface area contributed by atoms with E-state index in [1.807, 2.05) is 26.0 Å². The molecule has 8 heteroatoms. The Morgan fingerprint density at radius 2 is 1.51 bits per heavy atom. The normalized spacial score (nSPS) is 28.1. The molecule has 35 heavy (non-hydrogen) atoms. The topological polar surface area (TPSA) is 85.7 Å². The summed E-state index contributed by atoms with van der Waals surface area (Å²) in [4.78, 5) is 3.18. The molecular weight excluding hydrogens is 458 g/mol. The van der Waals surface area contributed by atoms with Gasteiger partial charge in [0.05, 0.1) is 6.61 Å². The monoisotopic (exact) mass is 495 g/mol. The SMILES string of the molecule is CC(C)[C@]1(CO[Si](c2ccccc2)(c2ccccc2)C(C)(C)C)O[C@@H]2OC(C)(C)O[C@@H]2[C@@H]1N=[N+]=[N-]. The molecule has 0 aromatic heterocycles. The molecule has 4 rings (SSSR count). The van der Waals surface area contributed by atoms with Crippen molar-refractivity contribution in [2.75, 3.05) is 6.61 Å². The average molecular weight is 496 g/mol. The van der Waals surface area contributed by atoms with Crippen molar-refractivity contribution in [1.29, 1.82) is 0 Å². The molecule has 2 aliphatic heterocycles. The molecule has 2 aliphatic rings. The summed E-state index contributed by atoms with van der Waals surface area (Å²) in [6, 6.07) is 20.4. The zero-order valence-corrected chi connectivity index (χ0v) is 22.8. The first kappa shape index (κ1) is 25.9. The summed E-state index contributed by atoms with van der Waals surface area (Å²) < 4.78 is 26.0. The minimum absolute atomic E-state index is 0.0165. The summed E-state index contributed by atoms with van der Waals surface area (Å²) in [6.45, 7) is 14.8. The predicted octanol–water partition coefficient (Wildman–Crippen LogP) is 5.14. The molecule has 2 aromatic carbocycles. The average Bonchev–Trinajstić information content (AvgIpc) is 3.25. The van der Waals surface area contributed by atoms with Crippen molar-refractivity contribution in [1.82, 2.24) is 0 Å². The number of rotatable bonds is 7. The first-order valence-corrected chi connectivity index (χ1v) is 14.2. The Kier molecular flexibility index (Phi) is 6.92. The van der Waals surface area contributed by atoms with Gasteiger partial charge in [-0.3, -0.25) is 0 Å². The molecule has 2 heterocycles. The van der Waals surface area contributed by atoms with E-state index in [-0.39, 0.29) is 17.6 Å². The lowest BCUT2D eigenvalue weighted by Gasteiger charge is -2.46. The Balaban J connectivity index is 1.81. The van der Waals surface area contributed by atoms with Crippen LogP contribution in [0.1, 0.15) is 48.5 Å². The predicted molar refractivity (Wildman–Crippen MR) is 139 cm³/mol. The lowest BCUT2D eigenvalue weighted by molar-refractivity contribution is -0.240. The highest BCUT2D eigenvalue weighted by molar-refractivity contribution is 6.99. The minimum Gasteiger partial charge on any atom is -0.404 e. The number of ether oxygens (including phenoxy) is 3. The third kappa shape index (κ3) is 4.44. The van der Waals surface area contributed by atoms with Gasteiger partial charge in [0.25, 0.3) is 8.32 Å². The van der Waals surface area contributed by atoms with Gasteiger partial charge in [-0.05, 0) is 40.7 Å². The van der Waals surface area contributed by atoms with E-state index in [0.717, 1.165) is 0 Å². The second-order valence-corrected chi connectivity index (χ2v) is 15.6. The first-order valence-electron chi connectivity index (χ1n) is 12.3.